The summed E-state index contributed by atoms with van der Waals surface area (Å²) in [6.07, 6.45) is 0. The van der Waals surface area contributed by atoms with E-state index < -0.39 is 29.1 Å². The van der Waals surface area contributed by atoms with Crippen molar-refractivity contribution in [3.63, 3.8) is 0 Å². The summed E-state index contributed by atoms with van der Waals surface area (Å²) in [5.41, 5.74) is -1.00. The highest BCUT2D eigenvalue weighted by Crippen LogP contribution is 2.46. The highest BCUT2D eigenvalue weighted by Gasteiger charge is 2.22. The second-order valence-electron chi connectivity index (χ2n) is 6.04. The number of halogens is 7. The molecule has 0 saturated heterocycles. The predicted molar refractivity (Wildman–Crippen MR) is 124 cm³/mol. The zero-order chi connectivity index (χ0) is 23.6. The lowest BCUT2D eigenvalue weighted by molar-refractivity contribution is 0.0959. The molecular formula is C20H9BrCl4F2N2O3. The SMILES string of the molecule is O=C(NC(=O)c1c(F)cccc1F)Nc1cc(Cl)c(Oc2cc(Cl)ccc2Br)c(Cl)c1Cl. The highest BCUT2D eigenvalue weighted by molar-refractivity contribution is 9.10. The van der Waals surface area contributed by atoms with E-state index in [4.69, 9.17) is 51.1 Å². The maximum Gasteiger partial charge on any atom is 0.326 e. The molecule has 0 spiro atoms. The number of carbonyl (C=O) groups excluding carboxylic acids is 2. The number of ether oxygens (including phenoxy) is 1. The first-order valence-electron chi connectivity index (χ1n) is 8.45. The van der Waals surface area contributed by atoms with Crippen molar-refractivity contribution in [1.82, 2.24) is 5.32 Å². The zero-order valence-corrected chi connectivity index (χ0v) is 20.0. The number of anilines is 1. The van der Waals surface area contributed by atoms with Crippen LogP contribution in [0.1, 0.15) is 10.4 Å². The molecule has 0 aliphatic rings. The number of imide groups is 1. The zero-order valence-electron chi connectivity index (χ0n) is 15.4. The van der Waals surface area contributed by atoms with Gasteiger partial charge in [-0.15, -0.1) is 0 Å². The van der Waals surface area contributed by atoms with Crippen LogP contribution in [-0.2, 0) is 0 Å². The van der Waals surface area contributed by atoms with E-state index in [0.29, 0.717) is 15.2 Å². The Bertz CT molecular complexity index is 1220. The quantitative estimate of drug-likeness (QED) is 0.305. The van der Waals surface area contributed by atoms with E-state index in [1.54, 1.807) is 17.4 Å². The number of rotatable bonds is 4. The lowest BCUT2D eigenvalue weighted by Gasteiger charge is -2.15. The van der Waals surface area contributed by atoms with Gasteiger partial charge in [-0.25, -0.2) is 13.6 Å². The second kappa shape index (κ2) is 10.2. The van der Waals surface area contributed by atoms with Gasteiger partial charge in [0.1, 0.15) is 28.0 Å². The molecule has 0 radical (unpaired) electrons. The average Bonchev–Trinajstić information content (AvgIpc) is 2.71. The molecule has 3 rings (SSSR count). The molecule has 0 aliphatic carbocycles. The summed E-state index contributed by atoms with van der Waals surface area (Å²) in [4.78, 5) is 24.2. The molecule has 3 amide bonds. The molecule has 12 heteroatoms. The first kappa shape index (κ1) is 24.5. The van der Waals surface area contributed by atoms with Gasteiger partial charge in [0.05, 0.1) is 20.2 Å². The minimum Gasteiger partial charge on any atom is -0.453 e. The summed E-state index contributed by atoms with van der Waals surface area (Å²) in [6, 6.07) is 7.73. The van der Waals surface area contributed by atoms with Crippen LogP contribution in [0.3, 0.4) is 0 Å². The maximum absolute atomic E-state index is 13.7. The lowest BCUT2D eigenvalue weighted by Crippen LogP contribution is -2.35. The largest absolute Gasteiger partial charge is 0.453 e. The van der Waals surface area contributed by atoms with Crippen LogP contribution in [0.15, 0.2) is 46.9 Å². The van der Waals surface area contributed by atoms with E-state index in [9.17, 15) is 18.4 Å². The third kappa shape index (κ3) is 5.44. The Hall–Kier alpha value is -2.10. The van der Waals surface area contributed by atoms with Gasteiger partial charge in [-0.1, -0.05) is 52.5 Å². The van der Waals surface area contributed by atoms with Gasteiger partial charge < -0.3 is 10.1 Å². The van der Waals surface area contributed by atoms with Crippen molar-refractivity contribution in [2.24, 2.45) is 0 Å². The smallest absolute Gasteiger partial charge is 0.326 e. The summed E-state index contributed by atoms with van der Waals surface area (Å²) in [5.74, 6) is -3.27. The van der Waals surface area contributed by atoms with Gasteiger partial charge in [-0.3, -0.25) is 10.1 Å². The van der Waals surface area contributed by atoms with Gasteiger partial charge in [0.15, 0.2) is 5.75 Å². The van der Waals surface area contributed by atoms with Crippen molar-refractivity contribution >= 4 is 80.0 Å². The van der Waals surface area contributed by atoms with Gasteiger partial charge in [0, 0.05) is 11.1 Å². The number of amides is 3. The average molecular weight is 585 g/mol. The third-order valence-corrected chi connectivity index (χ3v) is 5.91. The first-order valence-corrected chi connectivity index (χ1v) is 10.8. The number of nitrogens with one attached hydrogen (secondary N) is 2. The summed E-state index contributed by atoms with van der Waals surface area (Å²) < 4.78 is 33.7. The fourth-order valence-electron chi connectivity index (χ4n) is 2.46. The minimum absolute atomic E-state index is 0.0169. The lowest BCUT2D eigenvalue weighted by atomic mass is 10.2. The molecule has 0 saturated carbocycles. The van der Waals surface area contributed by atoms with E-state index in [1.165, 1.54) is 12.1 Å². The Morgan fingerprint density at radius 2 is 1.59 bits per heavy atom. The van der Waals surface area contributed by atoms with Crippen molar-refractivity contribution in [3.8, 4) is 11.5 Å². The van der Waals surface area contributed by atoms with Gasteiger partial charge in [0.2, 0.25) is 0 Å². The van der Waals surface area contributed by atoms with Crippen LogP contribution < -0.4 is 15.4 Å². The van der Waals surface area contributed by atoms with E-state index in [0.717, 1.165) is 18.2 Å². The number of hydrogen-bond donors (Lipinski definition) is 2. The Kier molecular flexibility index (Phi) is 7.84. The summed E-state index contributed by atoms with van der Waals surface area (Å²) in [5, 5.41) is 4.09. The molecule has 0 unspecified atom stereocenters. The summed E-state index contributed by atoms with van der Waals surface area (Å²) >= 11 is 27.9. The Balaban J connectivity index is 1.81. The first-order chi connectivity index (χ1) is 15.1. The van der Waals surface area contributed by atoms with Gasteiger partial charge >= 0.3 is 6.03 Å². The predicted octanol–water partition coefficient (Wildman–Crippen LogP) is 8.10. The van der Waals surface area contributed by atoms with Crippen molar-refractivity contribution in [1.29, 1.82) is 0 Å². The number of benzene rings is 3. The molecule has 3 aromatic carbocycles. The molecule has 0 heterocycles. The van der Waals surface area contributed by atoms with E-state index in [2.05, 4.69) is 21.2 Å². The molecule has 5 nitrogen and oxygen atoms in total. The fourth-order valence-corrected chi connectivity index (χ4v) is 3.67. The van der Waals surface area contributed by atoms with Crippen LogP contribution >= 0.6 is 62.3 Å². The second-order valence-corrected chi connectivity index (χ2v) is 8.50. The Labute approximate surface area is 208 Å². The normalized spacial score (nSPS) is 10.6. The van der Waals surface area contributed by atoms with E-state index in [-0.39, 0.29) is 26.5 Å². The van der Waals surface area contributed by atoms with E-state index in [1.807, 2.05) is 0 Å². The summed E-state index contributed by atoms with van der Waals surface area (Å²) in [6.45, 7) is 0. The molecule has 0 aromatic heterocycles. The topological polar surface area (TPSA) is 67.4 Å². The van der Waals surface area contributed by atoms with Crippen LogP contribution in [-0.4, -0.2) is 11.9 Å². The van der Waals surface area contributed by atoms with Gasteiger partial charge in [-0.05, 0) is 46.3 Å². The molecule has 2 N–H and O–H groups in total. The minimum atomic E-state index is -1.29. The maximum atomic E-state index is 13.7. The third-order valence-electron chi connectivity index (χ3n) is 3.89. The molecule has 0 bridgehead atoms. The van der Waals surface area contributed by atoms with Crippen molar-refractivity contribution in [3.05, 3.63) is 84.2 Å². The molecular weight excluding hydrogens is 576 g/mol. The van der Waals surface area contributed by atoms with Gasteiger partial charge in [-0.2, -0.15) is 0 Å². The fraction of sp³-hybridized carbons (Fsp3) is 0. The van der Waals surface area contributed by atoms with Crippen molar-refractivity contribution in [2.45, 2.75) is 0 Å². The van der Waals surface area contributed by atoms with Crippen LogP contribution in [0, 0.1) is 11.6 Å². The monoisotopic (exact) mass is 582 g/mol. The standard InChI is InChI=1S/C20H9BrCl4F2N2O3/c21-9-5-4-8(22)6-14(9)32-18-10(23)7-13(16(24)17(18)25)28-20(31)29-19(30)15-11(26)2-1-3-12(15)27/h1-7H,(H2,28,29,30,31). The Morgan fingerprint density at radius 1 is 0.938 bits per heavy atom. The molecule has 32 heavy (non-hydrogen) atoms. The molecule has 0 atom stereocenters. The number of carbonyl (C=O) groups is 2. The van der Waals surface area contributed by atoms with Crippen molar-refractivity contribution in [2.75, 3.05) is 5.32 Å². The molecule has 166 valence electrons. The van der Waals surface area contributed by atoms with Crippen molar-refractivity contribution < 1.29 is 23.1 Å². The summed E-state index contributed by atoms with van der Waals surface area (Å²) in [7, 11) is 0. The van der Waals surface area contributed by atoms with Gasteiger partial charge in [0.25, 0.3) is 5.91 Å². The van der Waals surface area contributed by atoms with Crippen LogP contribution in [0.25, 0.3) is 0 Å². The molecule has 0 fully saturated rings. The van der Waals surface area contributed by atoms with Crippen LogP contribution in [0.5, 0.6) is 11.5 Å². The number of urea groups is 1. The van der Waals surface area contributed by atoms with Crippen LogP contribution in [0.2, 0.25) is 20.1 Å². The Morgan fingerprint density at radius 3 is 2.25 bits per heavy atom. The van der Waals surface area contributed by atoms with Crippen LogP contribution in [0.4, 0.5) is 19.3 Å². The van der Waals surface area contributed by atoms with E-state index >= 15 is 0 Å². The molecule has 3 aromatic rings. The molecule has 0 aliphatic heterocycles. The number of hydrogen-bond acceptors (Lipinski definition) is 3. The highest BCUT2D eigenvalue weighted by atomic mass is 79.9.